The lowest BCUT2D eigenvalue weighted by Gasteiger charge is -2.36. The smallest absolute Gasteiger partial charge is 0.136 e. The third kappa shape index (κ3) is 6.14. The number of nitrogens with two attached hydrogens (primary N) is 1. The van der Waals surface area contributed by atoms with Crippen LogP contribution < -0.4 is 11.2 Å². The highest BCUT2D eigenvalue weighted by atomic mass is 15.5. The Balaban J connectivity index is 2.17. The molecule has 0 radical (unpaired) electrons. The molecule has 1 fully saturated rings. The first-order valence-corrected chi connectivity index (χ1v) is 10.7. The van der Waals surface area contributed by atoms with Crippen molar-refractivity contribution in [2.45, 2.75) is 85.2 Å². The number of hydrogen-bond acceptors (Lipinski definition) is 3. The Hall–Kier alpha value is -1.74. The van der Waals surface area contributed by atoms with Gasteiger partial charge in [-0.25, -0.2) is 5.84 Å². The third-order valence-corrected chi connectivity index (χ3v) is 5.49. The van der Waals surface area contributed by atoms with Crippen LogP contribution in [0.2, 0.25) is 0 Å². The molecule has 1 heterocycles. The van der Waals surface area contributed by atoms with Gasteiger partial charge in [0.05, 0.1) is 5.70 Å². The van der Waals surface area contributed by atoms with E-state index in [9.17, 15) is 0 Å². The van der Waals surface area contributed by atoms with Crippen molar-refractivity contribution in [1.82, 2.24) is 10.3 Å². The second-order valence-corrected chi connectivity index (χ2v) is 8.07. The molecule has 1 aliphatic carbocycles. The first-order valence-electron chi connectivity index (χ1n) is 10.7. The Morgan fingerprint density at radius 3 is 2.59 bits per heavy atom. The van der Waals surface area contributed by atoms with Crippen LogP contribution in [0.3, 0.4) is 0 Å². The number of dihydropyridines is 1. The van der Waals surface area contributed by atoms with Crippen LogP contribution in [0.4, 0.5) is 0 Å². The standard InChI is InChI=1S/C24H39N3/c1-6-9-10-12-23-22(20-14-15-20)17-19(5)24(26-23)27(25)21(8-3)16-13-18(4)11-7-2/h8,13,16-17,20,24,26H,3,6-7,9-12,14-15,25H2,1-2,4-5H3/b18-13+,21-16+. The zero-order valence-corrected chi connectivity index (χ0v) is 17.9. The van der Waals surface area contributed by atoms with Gasteiger partial charge in [-0.05, 0) is 75.2 Å². The van der Waals surface area contributed by atoms with Crippen molar-refractivity contribution in [2.24, 2.45) is 11.8 Å². The largest absolute Gasteiger partial charge is 0.364 e. The Bertz CT molecular complexity index is 632. The highest BCUT2D eigenvalue weighted by molar-refractivity contribution is 5.39. The van der Waals surface area contributed by atoms with Crippen LogP contribution in [0.25, 0.3) is 0 Å². The van der Waals surface area contributed by atoms with E-state index in [0.29, 0.717) is 0 Å². The van der Waals surface area contributed by atoms with Crippen molar-refractivity contribution in [1.29, 1.82) is 0 Å². The molecule has 2 aliphatic rings. The summed E-state index contributed by atoms with van der Waals surface area (Å²) in [6, 6.07) is 0. The van der Waals surface area contributed by atoms with E-state index >= 15 is 0 Å². The number of nitrogens with one attached hydrogen (secondary N) is 1. The van der Waals surface area contributed by atoms with Gasteiger partial charge in [-0.15, -0.1) is 0 Å². The number of hydrogen-bond donors (Lipinski definition) is 2. The van der Waals surface area contributed by atoms with E-state index in [2.05, 4.69) is 57.8 Å². The van der Waals surface area contributed by atoms with E-state index in [1.807, 2.05) is 11.1 Å². The average molecular weight is 370 g/mol. The van der Waals surface area contributed by atoms with Gasteiger partial charge in [0.25, 0.3) is 0 Å². The summed E-state index contributed by atoms with van der Waals surface area (Å²) in [7, 11) is 0. The van der Waals surface area contributed by atoms with Gasteiger partial charge in [-0.2, -0.15) is 0 Å². The minimum Gasteiger partial charge on any atom is -0.364 e. The van der Waals surface area contributed by atoms with E-state index < -0.39 is 0 Å². The number of hydrazine groups is 1. The van der Waals surface area contributed by atoms with Crippen LogP contribution in [0.5, 0.6) is 0 Å². The minimum atomic E-state index is -0.00624. The van der Waals surface area contributed by atoms with Gasteiger partial charge in [0, 0.05) is 5.70 Å². The fourth-order valence-electron chi connectivity index (χ4n) is 3.70. The molecule has 0 saturated heterocycles. The number of nitrogens with zero attached hydrogens (tertiary/aromatic N) is 1. The molecule has 27 heavy (non-hydrogen) atoms. The van der Waals surface area contributed by atoms with Gasteiger partial charge in [0.2, 0.25) is 0 Å². The molecule has 0 spiro atoms. The fourth-order valence-corrected chi connectivity index (χ4v) is 3.70. The predicted molar refractivity (Wildman–Crippen MR) is 118 cm³/mol. The van der Waals surface area contributed by atoms with Crippen molar-refractivity contribution >= 4 is 0 Å². The lowest BCUT2D eigenvalue weighted by molar-refractivity contribution is 0.265. The molecule has 1 atom stereocenters. The molecule has 3 N–H and O–H groups in total. The normalized spacial score (nSPS) is 21.1. The van der Waals surface area contributed by atoms with Crippen LogP contribution in [-0.4, -0.2) is 11.2 Å². The second kappa shape index (κ2) is 10.6. The molecule has 2 rings (SSSR count). The van der Waals surface area contributed by atoms with Crippen LogP contribution in [0.1, 0.15) is 79.1 Å². The quantitative estimate of drug-likeness (QED) is 0.200. The van der Waals surface area contributed by atoms with E-state index in [1.54, 1.807) is 0 Å². The maximum absolute atomic E-state index is 6.55. The first kappa shape index (κ1) is 21.6. The molecule has 3 nitrogen and oxygen atoms in total. The maximum Gasteiger partial charge on any atom is 0.136 e. The molecule has 0 amide bonds. The summed E-state index contributed by atoms with van der Waals surface area (Å²) in [5, 5.41) is 5.60. The van der Waals surface area contributed by atoms with E-state index in [0.717, 1.165) is 30.9 Å². The van der Waals surface area contributed by atoms with Crippen LogP contribution >= 0.6 is 0 Å². The van der Waals surface area contributed by atoms with Crippen molar-refractivity contribution in [3.05, 3.63) is 59.0 Å². The molecule has 0 aromatic heterocycles. The highest BCUT2D eigenvalue weighted by Gasteiger charge is 2.32. The molecule has 0 bridgehead atoms. The Morgan fingerprint density at radius 1 is 1.26 bits per heavy atom. The predicted octanol–water partition coefficient (Wildman–Crippen LogP) is 6.10. The van der Waals surface area contributed by atoms with Crippen molar-refractivity contribution in [2.75, 3.05) is 0 Å². The van der Waals surface area contributed by atoms with Crippen LogP contribution in [0, 0.1) is 5.92 Å². The minimum absolute atomic E-state index is 0.00624. The SMILES string of the molecule is C=C/C(=C\C=C(/C)CCC)N(N)C1NC(CCCCC)=C(C2CC2)C=C1C. The summed E-state index contributed by atoms with van der Waals surface area (Å²) < 4.78 is 0. The molecule has 1 aliphatic heterocycles. The average Bonchev–Trinajstić information content (AvgIpc) is 3.48. The van der Waals surface area contributed by atoms with E-state index in [-0.39, 0.29) is 6.17 Å². The van der Waals surface area contributed by atoms with Gasteiger partial charge < -0.3 is 5.32 Å². The Kier molecular flexibility index (Phi) is 8.43. The molecule has 150 valence electrons. The molecule has 1 unspecified atom stereocenters. The zero-order valence-electron chi connectivity index (χ0n) is 17.9. The molecule has 3 heteroatoms. The summed E-state index contributed by atoms with van der Waals surface area (Å²) >= 11 is 0. The first-order chi connectivity index (χ1) is 13.0. The van der Waals surface area contributed by atoms with Crippen LogP contribution in [0.15, 0.2) is 59.0 Å². The topological polar surface area (TPSA) is 41.3 Å². The maximum atomic E-state index is 6.55. The van der Waals surface area contributed by atoms with Gasteiger partial charge in [0.15, 0.2) is 0 Å². The van der Waals surface area contributed by atoms with E-state index in [4.69, 9.17) is 5.84 Å². The van der Waals surface area contributed by atoms with Gasteiger partial charge >= 0.3 is 0 Å². The monoisotopic (exact) mass is 369 g/mol. The summed E-state index contributed by atoms with van der Waals surface area (Å²) in [4.78, 5) is 0. The van der Waals surface area contributed by atoms with Crippen LogP contribution in [-0.2, 0) is 0 Å². The molecular formula is C24H39N3. The van der Waals surface area contributed by atoms with E-state index in [1.165, 1.54) is 54.5 Å². The Morgan fingerprint density at radius 2 is 2.00 bits per heavy atom. The third-order valence-electron chi connectivity index (χ3n) is 5.49. The van der Waals surface area contributed by atoms with Crippen molar-refractivity contribution in [3.8, 4) is 0 Å². The van der Waals surface area contributed by atoms with Crippen molar-refractivity contribution in [3.63, 3.8) is 0 Å². The van der Waals surface area contributed by atoms with Gasteiger partial charge in [-0.3, -0.25) is 5.01 Å². The van der Waals surface area contributed by atoms with Gasteiger partial charge in [0.1, 0.15) is 6.17 Å². The summed E-state index contributed by atoms with van der Waals surface area (Å²) in [6.45, 7) is 12.8. The molecular weight excluding hydrogens is 330 g/mol. The number of unbranched alkanes of at least 4 members (excludes halogenated alkanes) is 2. The Labute approximate surface area is 166 Å². The molecule has 0 aromatic carbocycles. The molecule has 0 aromatic rings. The fraction of sp³-hybridized carbons (Fsp3) is 0.583. The summed E-state index contributed by atoms with van der Waals surface area (Å²) in [6.07, 6.45) is 18.3. The van der Waals surface area contributed by atoms with Crippen molar-refractivity contribution < 1.29 is 0 Å². The second-order valence-electron chi connectivity index (χ2n) is 8.07. The summed E-state index contributed by atoms with van der Waals surface area (Å²) in [5.41, 5.74) is 6.51. The van der Waals surface area contributed by atoms with Gasteiger partial charge in [-0.1, -0.05) is 57.4 Å². The lowest BCUT2D eigenvalue weighted by atomic mass is 9.96. The summed E-state index contributed by atoms with van der Waals surface area (Å²) in [5.74, 6) is 7.30. The molecule has 1 saturated carbocycles. The number of rotatable bonds is 11. The highest BCUT2D eigenvalue weighted by Crippen LogP contribution is 2.41. The zero-order chi connectivity index (χ0) is 19.8. The number of allylic oxidation sites excluding steroid dienone is 7. The lowest BCUT2D eigenvalue weighted by Crippen LogP contribution is -2.50.